The molecule has 0 saturated carbocycles. The van der Waals surface area contributed by atoms with Gasteiger partial charge in [0.05, 0.1) is 16.6 Å². The zero-order valence-electron chi connectivity index (χ0n) is 30.5. The molecule has 1 nitrogen and oxygen atoms in total. The number of rotatable bonds is 4. The van der Waals surface area contributed by atoms with Crippen LogP contribution in [-0.2, 0) is 6.42 Å². The number of hydrogen-bond acceptors (Lipinski definition) is 1. The van der Waals surface area contributed by atoms with E-state index in [1.807, 2.05) is 0 Å². The van der Waals surface area contributed by atoms with Crippen LogP contribution in [0.2, 0.25) is 0 Å². The number of hydrogen-bond donors (Lipinski definition) is 0. The van der Waals surface area contributed by atoms with Gasteiger partial charge >= 0.3 is 0 Å². The first-order valence-corrected chi connectivity index (χ1v) is 19.4. The van der Waals surface area contributed by atoms with Gasteiger partial charge in [0.25, 0.3) is 0 Å². The quantitative estimate of drug-likeness (QED) is 0.167. The number of aromatic nitrogens is 1. The number of allylic oxidation sites excluding steroid dienone is 16. The highest BCUT2D eigenvalue weighted by Gasteiger charge is 2.52. The fourth-order valence-corrected chi connectivity index (χ4v) is 9.18. The molecule has 1 unspecified atom stereocenters. The fourth-order valence-electron chi connectivity index (χ4n) is 9.18. The molecule has 0 saturated heterocycles. The third kappa shape index (κ3) is 5.20. The molecule has 1 spiro atoms. The third-order valence-corrected chi connectivity index (χ3v) is 12.0. The summed E-state index contributed by atoms with van der Waals surface area (Å²) in [5, 5.41) is 3.77. The van der Waals surface area contributed by atoms with Crippen molar-refractivity contribution in [2.45, 2.75) is 19.3 Å². The van der Waals surface area contributed by atoms with E-state index in [0.29, 0.717) is 0 Å². The Morgan fingerprint density at radius 3 is 2.20 bits per heavy atom. The van der Waals surface area contributed by atoms with E-state index in [1.165, 1.54) is 77.4 Å². The van der Waals surface area contributed by atoms with Crippen molar-refractivity contribution in [1.82, 2.24) is 4.98 Å². The Bertz CT molecular complexity index is 2950. The van der Waals surface area contributed by atoms with E-state index >= 15 is 0 Å². The molecule has 1 atom stereocenters. The smallest absolute Gasteiger partial charge is 0.0747 e. The maximum absolute atomic E-state index is 5.20. The first-order valence-electron chi connectivity index (χ1n) is 19.4. The molecular formula is C54H37N. The standard InChI is InChI=1S/C54H37N/c1-3-11-36(12-4-1)37-21-25-40-27-30-43-16-10-20-49(51-35-54(43,51)50(40)33-28-37)48-32-31-44(46-17-7-8-18-47(46)48)38-15-9-19-45-39(23-22-38)24-26-42-29-34-52(55-53(42)45)41-13-5-2-6-14-41/h1-8,11-18,20-27,29-35H,9-10,19H2/b23-22-,38-15-. The molecule has 0 fully saturated rings. The van der Waals surface area contributed by atoms with Gasteiger partial charge in [0.15, 0.2) is 0 Å². The predicted molar refractivity (Wildman–Crippen MR) is 231 cm³/mol. The zero-order valence-corrected chi connectivity index (χ0v) is 30.5. The SMILES string of the molecule is C1=CC2=C(C=CC=1c1ccccc1)C=CC1=CCC=C(c3ccc(C4=C\CCc5c(ccc6ccc(-c7ccccc7)nc56)/C=C\4)c4ccccc34)C3=CC132. The maximum Gasteiger partial charge on any atom is 0.0747 e. The Morgan fingerprint density at radius 1 is 0.600 bits per heavy atom. The van der Waals surface area contributed by atoms with Crippen LogP contribution in [0.25, 0.3) is 55.7 Å². The molecule has 0 N–H and O–H groups in total. The van der Waals surface area contributed by atoms with Crippen LogP contribution >= 0.6 is 0 Å². The summed E-state index contributed by atoms with van der Waals surface area (Å²) in [6, 6.07) is 43.6. The zero-order chi connectivity index (χ0) is 36.3. The third-order valence-electron chi connectivity index (χ3n) is 12.0. The molecule has 1 aromatic heterocycles. The molecule has 5 aromatic carbocycles. The van der Waals surface area contributed by atoms with Crippen molar-refractivity contribution >= 4 is 44.5 Å². The fraction of sp³-hybridized carbons (Fsp3) is 0.0741. The summed E-state index contributed by atoms with van der Waals surface area (Å²) >= 11 is 0. The van der Waals surface area contributed by atoms with Gasteiger partial charge in [-0.3, -0.25) is 0 Å². The number of pyridine rings is 1. The van der Waals surface area contributed by atoms with Crippen molar-refractivity contribution in [2.24, 2.45) is 5.41 Å². The van der Waals surface area contributed by atoms with Crippen molar-refractivity contribution in [1.29, 1.82) is 0 Å². The van der Waals surface area contributed by atoms with Gasteiger partial charge in [-0.15, -0.1) is 5.73 Å². The molecule has 0 aliphatic heterocycles. The van der Waals surface area contributed by atoms with Crippen molar-refractivity contribution in [3.63, 3.8) is 0 Å². The van der Waals surface area contributed by atoms with Crippen molar-refractivity contribution in [3.05, 3.63) is 238 Å². The lowest BCUT2D eigenvalue weighted by molar-refractivity contribution is 0.817. The molecule has 5 aliphatic carbocycles. The second-order valence-corrected chi connectivity index (χ2v) is 15.0. The molecule has 258 valence electrons. The Morgan fingerprint density at radius 2 is 1.35 bits per heavy atom. The minimum atomic E-state index is -0.214. The van der Waals surface area contributed by atoms with Gasteiger partial charge in [0, 0.05) is 16.5 Å². The van der Waals surface area contributed by atoms with Gasteiger partial charge in [-0.25, -0.2) is 4.98 Å². The molecule has 5 aliphatic rings. The molecule has 0 amide bonds. The predicted octanol–water partition coefficient (Wildman–Crippen LogP) is 13.4. The van der Waals surface area contributed by atoms with E-state index in [9.17, 15) is 0 Å². The Kier molecular flexibility index (Phi) is 7.30. The van der Waals surface area contributed by atoms with E-state index < -0.39 is 0 Å². The number of fused-ring (bicyclic) bond motifs is 4. The monoisotopic (exact) mass is 699 g/mol. The summed E-state index contributed by atoms with van der Waals surface area (Å²) in [5.41, 5.74) is 22.1. The van der Waals surface area contributed by atoms with Crippen LogP contribution in [0.3, 0.4) is 0 Å². The summed E-state index contributed by atoms with van der Waals surface area (Å²) in [5.74, 6) is 0. The Hall–Kier alpha value is -6.79. The number of benzene rings is 5. The summed E-state index contributed by atoms with van der Waals surface area (Å²) in [6.07, 6.45) is 28.5. The van der Waals surface area contributed by atoms with E-state index in [2.05, 4.69) is 194 Å². The topological polar surface area (TPSA) is 12.9 Å². The lowest BCUT2D eigenvalue weighted by Crippen LogP contribution is -2.15. The summed E-state index contributed by atoms with van der Waals surface area (Å²) in [4.78, 5) is 5.20. The van der Waals surface area contributed by atoms with E-state index in [1.54, 1.807) is 0 Å². The first-order chi connectivity index (χ1) is 27.2. The van der Waals surface area contributed by atoms with Gasteiger partial charge in [-0.1, -0.05) is 170 Å². The average Bonchev–Trinajstić information content (AvgIpc) is 4.02. The second-order valence-electron chi connectivity index (χ2n) is 15.0. The molecule has 1 heteroatoms. The van der Waals surface area contributed by atoms with Gasteiger partial charge in [-0.2, -0.15) is 0 Å². The van der Waals surface area contributed by atoms with Gasteiger partial charge < -0.3 is 0 Å². The lowest BCUT2D eigenvalue weighted by atomic mass is 9.75. The van der Waals surface area contributed by atoms with E-state index in [4.69, 9.17) is 4.98 Å². The van der Waals surface area contributed by atoms with E-state index in [0.717, 1.165) is 41.6 Å². The average molecular weight is 700 g/mol. The highest BCUT2D eigenvalue weighted by Crippen LogP contribution is 2.65. The van der Waals surface area contributed by atoms with Crippen molar-refractivity contribution in [2.75, 3.05) is 0 Å². The van der Waals surface area contributed by atoms with Gasteiger partial charge in [-0.05, 0) is 110 Å². The molecule has 0 radical (unpaired) electrons. The summed E-state index contributed by atoms with van der Waals surface area (Å²) < 4.78 is 0. The minimum absolute atomic E-state index is 0.214. The van der Waals surface area contributed by atoms with Crippen LogP contribution in [0.1, 0.15) is 40.7 Å². The Balaban J connectivity index is 0.946. The minimum Gasteiger partial charge on any atom is -0.247 e. The molecule has 6 aromatic rings. The van der Waals surface area contributed by atoms with Gasteiger partial charge in [0.1, 0.15) is 0 Å². The highest BCUT2D eigenvalue weighted by atomic mass is 14.7. The normalized spacial score (nSPS) is 20.9. The maximum atomic E-state index is 5.20. The lowest BCUT2D eigenvalue weighted by Gasteiger charge is -2.27. The van der Waals surface area contributed by atoms with Crippen LogP contribution < -0.4 is 0 Å². The van der Waals surface area contributed by atoms with Gasteiger partial charge in [0.2, 0.25) is 0 Å². The van der Waals surface area contributed by atoms with Crippen molar-refractivity contribution < 1.29 is 0 Å². The van der Waals surface area contributed by atoms with Crippen LogP contribution in [0.4, 0.5) is 0 Å². The van der Waals surface area contributed by atoms with Crippen LogP contribution in [-0.4, -0.2) is 4.98 Å². The molecule has 55 heavy (non-hydrogen) atoms. The molecule has 0 bridgehead atoms. The summed E-state index contributed by atoms with van der Waals surface area (Å²) in [7, 11) is 0. The number of nitrogens with zero attached hydrogens (tertiary/aromatic N) is 1. The van der Waals surface area contributed by atoms with Crippen LogP contribution in [0, 0.1) is 5.41 Å². The largest absolute Gasteiger partial charge is 0.247 e. The molecule has 11 rings (SSSR count). The number of aryl methyl sites for hydroxylation is 1. The second kappa shape index (κ2) is 12.7. The van der Waals surface area contributed by atoms with Crippen molar-refractivity contribution in [3.8, 4) is 11.3 Å². The molecular weight excluding hydrogens is 663 g/mol. The summed E-state index contributed by atoms with van der Waals surface area (Å²) in [6.45, 7) is 0. The molecule has 1 heterocycles. The Labute approximate surface area is 322 Å². The highest BCUT2D eigenvalue weighted by molar-refractivity contribution is 6.07. The first kappa shape index (κ1) is 31.7. The van der Waals surface area contributed by atoms with Crippen LogP contribution in [0.5, 0.6) is 0 Å². The van der Waals surface area contributed by atoms with Crippen LogP contribution in [0.15, 0.2) is 210 Å². The van der Waals surface area contributed by atoms with E-state index in [-0.39, 0.29) is 5.41 Å².